The second kappa shape index (κ2) is 10.4. The lowest BCUT2D eigenvalue weighted by Crippen LogP contribution is -2.39. The minimum atomic E-state index is -0.331. The van der Waals surface area contributed by atoms with Gasteiger partial charge in [-0.3, -0.25) is 9.59 Å². The number of unbranched alkanes of at least 4 members (excludes halogenated alkanes) is 1. The molecule has 2 aromatic rings. The Labute approximate surface area is 179 Å². The lowest BCUT2D eigenvalue weighted by molar-refractivity contribution is 0.0949. The predicted octanol–water partition coefficient (Wildman–Crippen LogP) is 4.33. The van der Waals surface area contributed by atoms with E-state index in [1.807, 2.05) is 13.0 Å². The molecule has 1 aliphatic heterocycles. The molecule has 1 aromatic carbocycles. The predicted molar refractivity (Wildman–Crippen MR) is 119 cm³/mol. The largest absolute Gasteiger partial charge is 0.459 e. The smallest absolute Gasteiger partial charge is 0.291 e. The van der Waals surface area contributed by atoms with E-state index in [0.717, 1.165) is 36.8 Å². The summed E-state index contributed by atoms with van der Waals surface area (Å²) in [7, 11) is 0. The molecular weight excluding hydrogens is 378 g/mol. The first-order valence-corrected chi connectivity index (χ1v) is 10.9. The van der Waals surface area contributed by atoms with Crippen molar-refractivity contribution in [1.82, 2.24) is 10.2 Å². The SMILES string of the molecule is Cc1ccc(C(=O)NCCCCN2CC(C)CC(C)C2)cc1NC(=O)c1ccco1. The van der Waals surface area contributed by atoms with Crippen LogP contribution in [0.3, 0.4) is 0 Å². The highest BCUT2D eigenvalue weighted by Gasteiger charge is 2.21. The highest BCUT2D eigenvalue weighted by Crippen LogP contribution is 2.21. The fourth-order valence-electron chi connectivity index (χ4n) is 4.23. The van der Waals surface area contributed by atoms with E-state index in [1.165, 1.54) is 25.8 Å². The monoisotopic (exact) mass is 411 g/mol. The minimum Gasteiger partial charge on any atom is -0.459 e. The van der Waals surface area contributed by atoms with E-state index < -0.39 is 0 Å². The molecule has 162 valence electrons. The number of furan rings is 1. The maximum atomic E-state index is 12.5. The molecule has 3 rings (SSSR count). The molecule has 1 aromatic heterocycles. The van der Waals surface area contributed by atoms with Gasteiger partial charge in [0.2, 0.25) is 0 Å². The van der Waals surface area contributed by atoms with E-state index in [9.17, 15) is 9.59 Å². The lowest BCUT2D eigenvalue weighted by Gasteiger charge is -2.34. The van der Waals surface area contributed by atoms with Gasteiger partial charge in [0.1, 0.15) is 0 Å². The number of piperidine rings is 1. The molecule has 2 atom stereocenters. The van der Waals surface area contributed by atoms with Crippen molar-refractivity contribution in [2.45, 2.75) is 40.0 Å². The van der Waals surface area contributed by atoms with Crippen LogP contribution in [0.5, 0.6) is 0 Å². The Bertz CT molecular complexity index is 837. The molecule has 0 bridgehead atoms. The average molecular weight is 412 g/mol. The molecule has 6 heteroatoms. The number of aryl methyl sites for hydroxylation is 1. The van der Waals surface area contributed by atoms with E-state index in [-0.39, 0.29) is 17.6 Å². The van der Waals surface area contributed by atoms with Crippen molar-refractivity contribution in [2.75, 3.05) is 31.5 Å². The minimum absolute atomic E-state index is 0.122. The molecule has 0 radical (unpaired) electrons. The summed E-state index contributed by atoms with van der Waals surface area (Å²) in [5.41, 5.74) is 2.03. The molecule has 1 fully saturated rings. The van der Waals surface area contributed by atoms with E-state index >= 15 is 0 Å². The van der Waals surface area contributed by atoms with Gasteiger partial charge in [-0.1, -0.05) is 19.9 Å². The fraction of sp³-hybridized carbons (Fsp3) is 0.500. The normalized spacial score (nSPS) is 19.4. The van der Waals surface area contributed by atoms with E-state index in [0.29, 0.717) is 17.8 Å². The second-order valence-electron chi connectivity index (χ2n) is 8.63. The molecule has 1 aliphatic rings. The van der Waals surface area contributed by atoms with Crippen molar-refractivity contribution in [1.29, 1.82) is 0 Å². The van der Waals surface area contributed by atoms with Crippen LogP contribution < -0.4 is 10.6 Å². The quantitative estimate of drug-likeness (QED) is 0.634. The Morgan fingerprint density at radius 2 is 1.87 bits per heavy atom. The zero-order valence-corrected chi connectivity index (χ0v) is 18.2. The van der Waals surface area contributed by atoms with Gasteiger partial charge in [-0.25, -0.2) is 0 Å². The number of carbonyl (C=O) groups is 2. The molecule has 0 saturated carbocycles. The first-order chi connectivity index (χ1) is 14.4. The average Bonchev–Trinajstić information content (AvgIpc) is 3.23. The maximum absolute atomic E-state index is 12.5. The van der Waals surface area contributed by atoms with Crippen LogP contribution in [0.25, 0.3) is 0 Å². The number of benzene rings is 1. The van der Waals surface area contributed by atoms with Gasteiger partial charge < -0.3 is 20.0 Å². The van der Waals surface area contributed by atoms with Gasteiger partial charge in [0.25, 0.3) is 11.8 Å². The highest BCUT2D eigenvalue weighted by atomic mass is 16.3. The van der Waals surface area contributed by atoms with E-state index in [2.05, 4.69) is 29.4 Å². The lowest BCUT2D eigenvalue weighted by atomic mass is 9.92. The van der Waals surface area contributed by atoms with Crippen LogP contribution in [0.4, 0.5) is 5.69 Å². The molecule has 2 unspecified atom stereocenters. The van der Waals surface area contributed by atoms with Crippen LogP contribution in [0.2, 0.25) is 0 Å². The molecule has 6 nitrogen and oxygen atoms in total. The number of amides is 2. The second-order valence-corrected chi connectivity index (χ2v) is 8.63. The Hall–Kier alpha value is -2.60. The van der Waals surface area contributed by atoms with Crippen molar-refractivity contribution in [3.05, 3.63) is 53.5 Å². The van der Waals surface area contributed by atoms with E-state index in [4.69, 9.17) is 4.42 Å². The number of nitrogens with one attached hydrogen (secondary N) is 2. The van der Waals surface area contributed by atoms with Crippen LogP contribution in [0, 0.1) is 18.8 Å². The van der Waals surface area contributed by atoms with Crippen LogP contribution in [-0.2, 0) is 0 Å². The summed E-state index contributed by atoms with van der Waals surface area (Å²) >= 11 is 0. The summed E-state index contributed by atoms with van der Waals surface area (Å²) in [4.78, 5) is 27.3. The highest BCUT2D eigenvalue weighted by molar-refractivity contribution is 6.03. The number of hydrogen-bond donors (Lipinski definition) is 2. The fourth-order valence-corrected chi connectivity index (χ4v) is 4.23. The van der Waals surface area contributed by atoms with Crippen molar-refractivity contribution in [2.24, 2.45) is 11.8 Å². The van der Waals surface area contributed by atoms with Crippen LogP contribution >= 0.6 is 0 Å². The summed E-state index contributed by atoms with van der Waals surface area (Å²) in [5, 5.41) is 5.80. The van der Waals surface area contributed by atoms with E-state index in [1.54, 1.807) is 24.3 Å². The molecule has 2 amide bonds. The third-order valence-electron chi connectivity index (χ3n) is 5.62. The molecular formula is C24H33N3O3. The number of rotatable bonds is 8. The first-order valence-electron chi connectivity index (χ1n) is 10.9. The van der Waals surface area contributed by atoms with Crippen molar-refractivity contribution < 1.29 is 14.0 Å². The Balaban J connectivity index is 1.44. The third-order valence-corrected chi connectivity index (χ3v) is 5.62. The Kier molecular flexibility index (Phi) is 7.69. The van der Waals surface area contributed by atoms with Gasteiger partial charge in [-0.05, 0) is 74.4 Å². The summed E-state index contributed by atoms with van der Waals surface area (Å²) in [5.74, 6) is 1.34. The van der Waals surface area contributed by atoms with Crippen LogP contribution in [0.1, 0.15) is 59.6 Å². The van der Waals surface area contributed by atoms with Gasteiger partial charge in [0.15, 0.2) is 5.76 Å². The van der Waals surface area contributed by atoms with Gasteiger partial charge in [-0.15, -0.1) is 0 Å². The summed E-state index contributed by atoms with van der Waals surface area (Å²) < 4.78 is 5.12. The van der Waals surface area contributed by atoms with Gasteiger partial charge in [-0.2, -0.15) is 0 Å². The van der Waals surface area contributed by atoms with Crippen molar-refractivity contribution >= 4 is 17.5 Å². The number of hydrogen-bond acceptors (Lipinski definition) is 4. The molecule has 30 heavy (non-hydrogen) atoms. The molecule has 0 aliphatic carbocycles. The van der Waals surface area contributed by atoms with Crippen LogP contribution in [0.15, 0.2) is 41.0 Å². The standard InChI is InChI=1S/C24H33N3O3/c1-17-13-18(2)16-27(15-17)11-5-4-10-25-23(28)20-9-8-19(3)21(14-20)26-24(29)22-7-6-12-30-22/h6-9,12,14,17-18H,4-5,10-11,13,15-16H2,1-3H3,(H,25,28)(H,26,29). The number of anilines is 1. The van der Waals surface area contributed by atoms with Gasteiger partial charge in [0, 0.05) is 30.9 Å². The maximum Gasteiger partial charge on any atom is 0.291 e. The summed E-state index contributed by atoms with van der Waals surface area (Å²) in [6.45, 7) is 10.7. The Morgan fingerprint density at radius 1 is 1.10 bits per heavy atom. The topological polar surface area (TPSA) is 74.6 Å². The van der Waals surface area contributed by atoms with Crippen molar-refractivity contribution in [3.8, 4) is 0 Å². The summed E-state index contributed by atoms with van der Waals surface area (Å²) in [6.07, 6.45) is 4.82. The van der Waals surface area contributed by atoms with Crippen molar-refractivity contribution in [3.63, 3.8) is 0 Å². The summed E-state index contributed by atoms with van der Waals surface area (Å²) in [6, 6.07) is 8.60. The molecule has 0 spiro atoms. The molecule has 1 saturated heterocycles. The zero-order valence-electron chi connectivity index (χ0n) is 18.2. The number of likely N-dealkylation sites (tertiary alicyclic amines) is 1. The van der Waals surface area contributed by atoms with Gasteiger partial charge >= 0.3 is 0 Å². The number of nitrogens with zero attached hydrogens (tertiary/aromatic N) is 1. The zero-order chi connectivity index (χ0) is 21.5. The third kappa shape index (κ3) is 6.20. The number of carbonyl (C=O) groups excluding carboxylic acids is 2. The Morgan fingerprint density at radius 3 is 2.57 bits per heavy atom. The first kappa shape index (κ1) is 22.1. The molecule has 2 heterocycles. The molecule has 2 N–H and O–H groups in total. The van der Waals surface area contributed by atoms with Gasteiger partial charge in [0.05, 0.1) is 6.26 Å². The van der Waals surface area contributed by atoms with Crippen LogP contribution in [-0.4, -0.2) is 42.9 Å².